The fourth-order valence-electron chi connectivity index (χ4n) is 1.87. The van der Waals surface area contributed by atoms with Gasteiger partial charge in [0, 0.05) is 11.7 Å². The Bertz CT molecular complexity index is 765. The first-order valence-corrected chi connectivity index (χ1v) is 7.98. The van der Waals surface area contributed by atoms with E-state index in [4.69, 9.17) is 17.3 Å². The Morgan fingerprint density at radius 1 is 1.24 bits per heavy atom. The van der Waals surface area contributed by atoms with Gasteiger partial charge >= 0.3 is 0 Å². The molecule has 0 saturated heterocycles. The van der Waals surface area contributed by atoms with Crippen molar-refractivity contribution in [2.45, 2.75) is 17.9 Å². The number of halogens is 2. The van der Waals surface area contributed by atoms with Crippen molar-refractivity contribution in [1.82, 2.24) is 4.72 Å². The summed E-state index contributed by atoms with van der Waals surface area (Å²) in [5, 5.41) is 0.0724. The highest BCUT2D eigenvalue weighted by Gasteiger charge is 2.21. The average Bonchev–Trinajstić information content (AvgIpc) is 2.41. The minimum Gasteiger partial charge on any atom is -0.399 e. The molecule has 0 aliphatic rings. The highest BCUT2D eigenvalue weighted by atomic mass is 35.5. The molecule has 3 N–H and O–H groups in total. The summed E-state index contributed by atoms with van der Waals surface area (Å²) in [6.45, 7) is 1.62. The first kappa shape index (κ1) is 15.8. The van der Waals surface area contributed by atoms with Crippen LogP contribution in [-0.4, -0.2) is 8.42 Å². The van der Waals surface area contributed by atoms with Crippen LogP contribution in [0.4, 0.5) is 10.1 Å². The predicted octanol–water partition coefficient (Wildman–Crippen LogP) is 3.10. The monoisotopic (exact) mass is 328 g/mol. The largest absolute Gasteiger partial charge is 0.399 e. The number of nitrogens with two attached hydrogens (primary N) is 1. The number of rotatable bonds is 4. The van der Waals surface area contributed by atoms with E-state index < -0.39 is 21.9 Å². The third-order valence-electron chi connectivity index (χ3n) is 2.93. The van der Waals surface area contributed by atoms with Crippen LogP contribution in [0.15, 0.2) is 47.4 Å². The van der Waals surface area contributed by atoms with Gasteiger partial charge in [-0.15, -0.1) is 0 Å². The lowest BCUT2D eigenvalue weighted by molar-refractivity contribution is 0.564. The van der Waals surface area contributed by atoms with E-state index in [0.29, 0.717) is 5.56 Å². The normalized spacial score (nSPS) is 13.1. The van der Waals surface area contributed by atoms with Crippen molar-refractivity contribution in [2.24, 2.45) is 0 Å². The second-order valence-corrected chi connectivity index (χ2v) is 6.68. The van der Waals surface area contributed by atoms with Crippen LogP contribution >= 0.6 is 11.6 Å². The smallest absolute Gasteiger partial charge is 0.242 e. The maximum Gasteiger partial charge on any atom is 0.242 e. The number of sulfonamides is 1. The Hall–Kier alpha value is -1.63. The third-order valence-corrected chi connectivity index (χ3v) is 4.95. The molecule has 1 unspecified atom stereocenters. The fraction of sp³-hybridized carbons (Fsp3) is 0.143. The summed E-state index contributed by atoms with van der Waals surface area (Å²) in [5.41, 5.74) is 6.39. The molecule has 0 saturated carbocycles. The van der Waals surface area contributed by atoms with Crippen molar-refractivity contribution in [3.8, 4) is 0 Å². The Labute approximate surface area is 127 Å². The van der Waals surface area contributed by atoms with E-state index in [9.17, 15) is 12.8 Å². The molecule has 2 aromatic carbocycles. The summed E-state index contributed by atoms with van der Waals surface area (Å²) in [6.07, 6.45) is 0. The van der Waals surface area contributed by atoms with Gasteiger partial charge in [0.25, 0.3) is 0 Å². The number of anilines is 1. The zero-order chi connectivity index (χ0) is 15.6. The number of hydrogen-bond donors (Lipinski definition) is 2. The van der Waals surface area contributed by atoms with Gasteiger partial charge in [0.1, 0.15) is 10.7 Å². The van der Waals surface area contributed by atoms with Crippen LogP contribution in [0.3, 0.4) is 0 Å². The molecule has 0 aromatic heterocycles. The van der Waals surface area contributed by atoms with Gasteiger partial charge in [-0.3, -0.25) is 0 Å². The Balaban J connectivity index is 2.31. The highest BCUT2D eigenvalue weighted by Crippen LogP contribution is 2.25. The van der Waals surface area contributed by atoms with E-state index in [2.05, 4.69) is 4.72 Å². The Kier molecular flexibility index (Phi) is 4.51. The summed E-state index contributed by atoms with van der Waals surface area (Å²) in [7, 11) is -3.86. The minimum atomic E-state index is -3.86. The number of benzene rings is 2. The summed E-state index contributed by atoms with van der Waals surface area (Å²) < 4.78 is 40.3. The highest BCUT2D eigenvalue weighted by molar-refractivity contribution is 7.89. The van der Waals surface area contributed by atoms with Crippen LogP contribution in [0.25, 0.3) is 0 Å². The van der Waals surface area contributed by atoms with E-state index in [1.165, 1.54) is 36.4 Å². The molecule has 2 aromatic rings. The Morgan fingerprint density at radius 3 is 2.62 bits per heavy atom. The molecule has 2 rings (SSSR count). The van der Waals surface area contributed by atoms with Crippen molar-refractivity contribution in [3.05, 3.63) is 58.9 Å². The van der Waals surface area contributed by atoms with Crippen LogP contribution in [0.5, 0.6) is 0 Å². The number of nitrogens with one attached hydrogen (secondary N) is 1. The van der Waals surface area contributed by atoms with Crippen molar-refractivity contribution < 1.29 is 12.8 Å². The molecule has 21 heavy (non-hydrogen) atoms. The van der Waals surface area contributed by atoms with E-state index in [1.807, 2.05) is 0 Å². The zero-order valence-electron chi connectivity index (χ0n) is 11.2. The molecule has 112 valence electrons. The lowest BCUT2D eigenvalue weighted by Gasteiger charge is -2.15. The van der Waals surface area contributed by atoms with Gasteiger partial charge in [0.15, 0.2) is 0 Å². The first-order valence-electron chi connectivity index (χ1n) is 6.12. The molecule has 0 spiro atoms. The van der Waals surface area contributed by atoms with Crippen molar-refractivity contribution in [2.75, 3.05) is 5.73 Å². The third kappa shape index (κ3) is 3.72. The SMILES string of the molecule is CC(NS(=O)(=O)c1cc(N)ccc1Cl)c1cccc(F)c1. The first-order chi connectivity index (χ1) is 9.79. The molecule has 0 amide bonds. The molecule has 0 aliphatic carbocycles. The zero-order valence-corrected chi connectivity index (χ0v) is 12.7. The molecule has 0 heterocycles. The van der Waals surface area contributed by atoms with Crippen LogP contribution in [0, 0.1) is 5.82 Å². The van der Waals surface area contributed by atoms with E-state index in [-0.39, 0.29) is 15.6 Å². The van der Waals surface area contributed by atoms with Gasteiger partial charge in [0.05, 0.1) is 5.02 Å². The maximum atomic E-state index is 13.2. The van der Waals surface area contributed by atoms with Crippen LogP contribution in [0.1, 0.15) is 18.5 Å². The summed E-state index contributed by atoms with van der Waals surface area (Å²) >= 11 is 5.90. The topological polar surface area (TPSA) is 72.2 Å². The summed E-state index contributed by atoms with van der Waals surface area (Å²) in [5.74, 6) is -0.430. The van der Waals surface area contributed by atoms with Gasteiger partial charge in [0.2, 0.25) is 10.0 Å². The van der Waals surface area contributed by atoms with Crippen LogP contribution in [-0.2, 0) is 10.0 Å². The summed E-state index contributed by atoms with van der Waals surface area (Å²) in [6, 6.07) is 9.31. The average molecular weight is 329 g/mol. The standard InChI is InChI=1S/C14H14ClFN2O2S/c1-9(10-3-2-4-11(16)7-10)18-21(19,20)14-8-12(17)5-6-13(14)15/h2-9,18H,17H2,1H3. The second-order valence-electron chi connectivity index (χ2n) is 4.59. The van der Waals surface area contributed by atoms with Gasteiger partial charge in [-0.25, -0.2) is 17.5 Å². The summed E-state index contributed by atoms with van der Waals surface area (Å²) in [4.78, 5) is -0.104. The lowest BCUT2D eigenvalue weighted by atomic mass is 10.1. The molecule has 7 heteroatoms. The van der Waals surface area contributed by atoms with Gasteiger partial charge in [-0.2, -0.15) is 0 Å². The molecule has 4 nitrogen and oxygen atoms in total. The minimum absolute atomic E-state index is 0.0724. The fourth-order valence-corrected chi connectivity index (χ4v) is 3.63. The molecular formula is C14H14ClFN2O2S. The number of hydrogen-bond acceptors (Lipinski definition) is 3. The van der Waals surface area contributed by atoms with Gasteiger partial charge in [-0.05, 0) is 42.8 Å². The molecule has 0 bridgehead atoms. The van der Waals surface area contributed by atoms with Crippen molar-refractivity contribution in [3.63, 3.8) is 0 Å². The van der Waals surface area contributed by atoms with E-state index in [0.717, 1.165) is 0 Å². The van der Waals surface area contributed by atoms with Crippen molar-refractivity contribution >= 4 is 27.3 Å². The molecule has 1 atom stereocenters. The van der Waals surface area contributed by atoms with E-state index >= 15 is 0 Å². The molecule has 0 radical (unpaired) electrons. The van der Waals surface area contributed by atoms with Crippen molar-refractivity contribution in [1.29, 1.82) is 0 Å². The Morgan fingerprint density at radius 2 is 1.95 bits per heavy atom. The predicted molar refractivity (Wildman–Crippen MR) is 81.0 cm³/mol. The van der Waals surface area contributed by atoms with Crippen LogP contribution in [0.2, 0.25) is 5.02 Å². The van der Waals surface area contributed by atoms with Gasteiger partial charge < -0.3 is 5.73 Å². The van der Waals surface area contributed by atoms with Gasteiger partial charge in [-0.1, -0.05) is 23.7 Å². The van der Waals surface area contributed by atoms with Crippen LogP contribution < -0.4 is 10.5 Å². The lowest BCUT2D eigenvalue weighted by Crippen LogP contribution is -2.27. The quantitative estimate of drug-likeness (QED) is 0.847. The second kappa shape index (κ2) is 6.01. The molecule has 0 aliphatic heterocycles. The molecule has 0 fully saturated rings. The maximum absolute atomic E-state index is 13.2. The molecular weight excluding hydrogens is 315 g/mol. The van der Waals surface area contributed by atoms with E-state index in [1.54, 1.807) is 13.0 Å². The number of nitrogen functional groups attached to an aromatic ring is 1.